The van der Waals surface area contributed by atoms with Gasteiger partial charge in [0, 0.05) is 40.3 Å². The molecule has 1 saturated heterocycles. The number of hydrogen-bond donors (Lipinski definition) is 2. The van der Waals surface area contributed by atoms with Gasteiger partial charge in [0.2, 0.25) is 0 Å². The van der Waals surface area contributed by atoms with Gasteiger partial charge in [-0.15, -0.1) is 35.3 Å². The third kappa shape index (κ3) is 3.90. The SMILES string of the molecule is CCNC(=NCc1ccc(CC)s1)NC1C2CCOC2C1(C)C.I. The molecule has 3 unspecified atom stereocenters. The van der Waals surface area contributed by atoms with Crippen molar-refractivity contribution in [1.29, 1.82) is 0 Å². The van der Waals surface area contributed by atoms with Gasteiger partial charge in [-0.3, -0.25) is 0 Å². The van der Waals surface area contributed by atoms with Crippen molar-refractivity contribution in [2.45, 2.75) is 59.2 Å². The highest BCUT2D eigenvalue weighted by Crippen LogP contribution is 2.52. The standard InChI is InChI=1S/C18H29N3OS.HI/c1-5-12-7-8-13(23-12)11-20-17(19-6-2)21-15-14-9-10-22-16(14)18(15,3)4;/h7-8,14-16H,5-6,9-11H2,1-4H3,(H2,19,20,21);1H. The second-order valence-corrected chi connectivity index (χ2v) is 8.36. The Morgan fingerprint density at radius 2 is 2.08 bits per heavy atom. The van der Waals surface area contributed by atoms with Crippen molar-refractivity contribution in [3.8, 4) is 0 Å². The van der Waals surface area contributed by atoms with Gasteiger partial charge in [0.25, 0.3) is 0 Å². The fourth-order valence-corrected chi connectivity index (χ4v) is 4.82. The van der Waals surface area contributed by atoms with Crippen molar-refractivity contribution in [2.75, 3.05) is 13.2 Å². The van der Waals surface area contributed by atoms with Crippen LogP contribution in [0.4, 0.5) is 0 Å². The van der Waals surface area contributed by atoms with Crippen LogP contribution >= 0.6 is 35.3 Å². The lowest BCUT2D eigenvalue weighted by Gasteiger charge is -2.54. The number of hydrogen-bond acceptors (Lipinski definition) is 3. The minimum absolute atomic E-state index is 0. The van der Waals surface area contributed by atoms with Crippen LogP contribution in [0.25, 0.3) is 0 Å². The van der Waals surface area contributed by atoms with Crippen LogP contribution in [0.1, 0.15) is 43.9 Å². The van der Waals surface area contributed by atoms with E-state index in [-0.39, 0.29) is 29.4 Å². The number of fused-ring (bicyclic) bond motifs is 1. The maximum Gasteiger partial charge on any atom is 0.191 e. The highest BCUT2D eigenvalue weighted by molar-refractivity contribution is 14.0. The lowest BCUT2D eigenvalue weighted by molar-refractivity contribution is -0.106. The van der Waals surface area contributed by atoms with E-state index >= 15 is 0 Å². The molecule has 0 amide bonds. The first-order valence-electron chi connectivity index (χ1n) is 8.80. The molecule has 3 atom stereocenters. The van der Waals surface area contributed by atoms with Crippen LogP contribution in [0.15, 0.2) is 17.1 Å². The monoisotopic (exact) mass is 463 g/mol. The molecule has 1 aliphatic heterocycles. The molecule has 1 aromatic heterocycles. The van der Waals surface area contributed by atoms with Crippen LogP contribution in [0, 0.1) is 11.3 Å². The first kappa shape index (κ1) is 20.0. The van der Waals surface area contributed by atoms with E-state index in [0.29, 0.717) is 18.1 Å². The van der Waals surface area contributed by atoms with E-state index in [4.69, 9.17) is 9.73 Å². The topological polar surface area (TPSA) is 45.7 Å². The number of guanidine groups is 1. The number of halogens is 1. The van der Waals surface area contributed by atoms with Crippen molar-refractivity contribution in [1.82, 2.24) is 10.6 Å². The molecule has 4 nitrogen and oxygen atoms in total. The molecule has 2 aliphatic rings. The molecule has 0 radical (unpaired) electrons. The van der Waals surface area contributed by atoms with Gasteiger partial charge < -0.3 is 15.4 Å². The minimum Gasteiger partial charge on any atom is -0.377 e. The molecule has 0 bridgehead atoms. The van der Waals surface area contributed by atoms with Gasteiger partial charge in [-0.1, -0.05) is 20.8 Å². The maximum atomic E-state index is 5.88. The minimum atomic E-state index is 0. The first-order chi connectivity index (χ1) is 11.1. The number of aryl methyl sites for hydroxylation is 1. The largest absolute Gasteiger partial charge is 0.377 e. The Balaban J connectivity index is 0.00000208. The summed E-state index contributed by atoms with van der Waals surface area (Å²) < 4.78 is 5.88. The number of aliphatic imine (C=N–C) groups is 1. The highest BCUT2D eigenvalue weighted by atomic mass is 127. The Hall–Kier alpha value is -0.340. The Labute approximate surface area is 166 Å². The zero-order valence-corrected chi connectivity index (χ0v) is 18.2. The fourth-order valence-electron chi connectivity index (χ4n) is 3.94. The third-order valence-electron chi connectivity index (χ3n) is 5.20. The molecular weight excluding hydrogens is 433 g/mol. The maximum absolute atomic E-state index is 5.88. The summed E-state index contributed by atoms with van der Waals surface area (Å²) in [5.74, 6) is 1.56. The summed E-state index contributed by atoms with van der Waals surface area (Å²) in [7, 11) is 0. The summed E-state index contributed by atoms with van der Waals surface area (Å²) in [4.78, 5) is 7.55. The van der Waals surface area contributed by atoms with E-state index in [1.54, 1.807) is 0 Å². The van der Waals surface area contributed by atoms with Gasteiger partial charge in [0.1, 0.15) is 0 Å². The molecule has 1 saturated carbocycles. The molecule has 3 rings (SSSR count). The lowest BCUT2D eigenvalue weighted by atomic mass is 9.57. The number of thiophene rings is 1. The number of nitrogens with zero attached hydrogens (tertiary/aromatic N) is 1. The average Bonchev–Trinajstić information content (AvgIpc) is 3.17. The summed E-state index contributed by atoms with van der Waals surface area (Å²) in [5.41, 5.74) is 0.176. The van der Waals surface area contributed by atoms with Crippen molar-refractivity contribution in [2.24, 2.45) is 16.3 Å². The molecule has 1 aliphatic carbocycles. The molecule has 2 heterocycles. The van der Waals surface area contributed by atoms with Gasteiger partial charge >= 0.3 is 0 Å². The van der Waals surface area contributed by atoms with E-state index in [1.807, 2.05) is 11.3 Å². The van der Waals surface area contributed by atoms with Crippen LogP contribution in [0.2, 0.25) is 0 Å². The van der Waals surface area contributed by atoms with E-state index in [2.05, 4.69) is 50.5 Å². The lowest BCUT2D eigenvalue weighted by Crippen LogP contribution is -2.67. The summed E-state index contributed by atoms with van der Waals surface area (Å²) >= 11 is 1.86. The van der Waals surface area contributed by atoms with Crippen molar-refractivity contribution in [3.63, 3.8) is 0 Å². The Kier molecular flexibility index (Phi) is 6.96. The molecule has 24 heavy (non-hydrogen) atoms. The molecule has 2 fully saturated rings. The summed E-state index contributed by atoms with van der Waals surface area (Å²) in [6.45, 7) is 11.4. The van der Waals surface area contributed by atoms with Crippen LogP contribution in [-0.2, 0) is 17.7 Å². The molecule has 0 aromatic carbocycles. The summed E-state index contributed by atoms with van der Waals surface area (Å²) in [6, 6.07) is 4.86. The van der Waals surface area contributed by atoms with Crippen molar-refractivity contribution in [3.05, 3.63) is 21.9 Å². The van der Waals surface area contributed by atoms with Crippen LogP contribution < -0.4 is 10.6 Å². The highest BCUT2D eigenvalue weighted by Gasteiger charge is 2.59. The molecule has 1 aromatic rings. The quantitative estimate of drug-likeness (QED) is 0.397. The van der Waals surface area contributed by atoms with E-state index in [0.717, 1.165) is 38.5 Å². The van der Waals surface area contributed by atoms with Gasteiger partial charge in [-0.05, 0) is 31.9 Å². The Morgan fingerprint density at radius 3 is 2.75 bits per heavy atom. The predicted molar refractivity (Wildman–Crippen MR) is 112 cm³/mol. The van der Waals surface area contributed by atoms with Crippen LogP contribution in [-0.4, -0.2) is 31.3 Å². The van der Waals surface area contributed by atoms with Crippen LogP contribution in [0.3, 0.4) is 0 Å². The zero-order chi connectivity index (χ0) is 16.4. The van der Waals surface area contributed by atoms with Gasteiger partial charge in [0.15, 0.2) is 5.96 Å². The van der Waals surface area contributed by atoms with E-state index < -0.39 is 0 Å². The molecule has 136 valence electrons. The summed E-state index contributed by atoms with van der Waals surface area (Å²) in [5, 5.41) is 7.06. The second kappa shape index (κ2) is 8.36. The van der Waals surface area contributed by atoms with Gasteiger partial charge in [0.05, 0.1) is 12.6 Å². The third-order valence-corrected chi connectivity index (χ3v) is 6.41. The van der Waals surface area contributed by atoms with Crippen LogP contribution in [0.5, 0.6) is 0 Å². The molecular formula is C18H30IN3OS. The fraction of sp³-hybridized carbons (Fsp3) is 0.722. The van der Waals surface area contributed by atoms with Crippen molar-refractivity contribution >= 4 is 41.3 Å². The predicted octanol–water partition coefficient (Wildman–Crippen LogP) is 3.80. The second-order valence-electron chi connectivity index (χ2n) is 7.10. The first-order valence-corrected chi connectivity index (χ1v) is 9.62. The molecule has 6 heteroatoms. The number of ether oxygens (including phenoxy) is 1. The van der Waals surface area contributed by atoms with Gasteiger partial charge in [-0.2, -0.15) is 0 Å². The van der Waals surface area contributed by atoms with Crippen molar-refractivity contribution < 1.29 is 4.74 Å². The molecule has 0 spiro atoms. The Bertz CT molecular complexity index is 572. The number of rotatable bonds is 5. The zero-order valence-electron chi connectivity index (χ0n) is 15.1. The van der Waals surface area contributed by atoms with Gasteiger partial charge in [-0.25, -0.2) is 4.99 Å². The average molecular weight is 463 g/mol. The van der Waals surface area contributed by atoms with E-state index in [9.17, 15) is 0 Å². The Morgan fingerprint density at radius 1 is 1.33 bits per heavy atom. The normalized spacial score (nSPS) is 27.8. The van der Waals surface area contributed by atoms with E-state index in [1.165, 1.54) is 9.75 Å². The smallest absolute Gasteiger partial charge is 0.191 e. The summed E-state index contributed by atoms with van der Waals surface area (Å²) in [6.07, 6.45) is 2.68. The molecule has 2 N–H and O–H groups in total. The number of nitrogens with one attached hydrogen (secondary N) is 2.